The maximum absolute atomic E-state index is 3.49. The fourth-order valence-corrected chi connectivity index (χ4v) is 14.9. The SMILES string of the molecule is CC(C)(C)c1ccc(-c2cccc3[cH-]c(CC4C5CC6CC(C5)CC4C6)cc23)cc1.CC(C)(C)c1ccc(-c2cccc3[cH-]c(CC4C5CC6CC(C5)CC4C6)cc23)cc1.Cl.Cl.[CH2-]CC.[CH3-].[Si]=[Zr]. The first-order valence-electron chi connectivity index (χ1n) is 25.9. The van der Waals surface area contributed by atoms with E-state index in [1.165, 1.54) is 142 Å². The molecule has 68 heavy (non-hydrogen) atoms. The molecule has 6 aromatic rings. The first-order chi connectivity index (χ1) is 31.3. The predicted octanol–water partition coefficient (Wildman–Crippen LogP) is 18.4. The third kappa shape index (κ3) is 11.8. The van der Waals surface area contributed by atoms with Gasteiger partial charge in [0.2, 0.25) is 0 Å². The first-order valence-corrected chi connectivity index (χ1v) is 30.1. The molecule has 8 aliphatic carbocycles. The van der Waals surface area contributed by atoms with Gasteiger partial charge in [-0.3, -0.25) is 0 Å². The van der Waals surface area contributed by atoms with Crippen LogP contribution in [0.3, 0.4) is 0 Å². The first kappa shape index (κ1) is 55.1. The van der Waals surface area contributed by atoms with Crippen molar-refractivity contribution in [1.82, 2.24) is 0 Å². The molecule has 0 unspecified atom stereocenters. The average molecular weight is 1040 g/mol. The fraction of sp³-hybridized carbons (Fsp3) is 0.500. The number of benzene rings is 4. The van der Waals surface area contributed by atoms with Crippen LogP contribution >= 0.6 is 24.8 Å². The minimum absolute atomic E-state index is 0. The van der Waals surface area contributed by atoms with E-state index in [0.29, 0.717) is 0 Å². The van der Waals surface area contributed by atoms with Crippen LogP contribution < -0.4 is 0 Å². The van der Waals surface area contributed by atoms with Crippen molar-refractivity contribution in [2.24, 2.45) is 59.2 Å². The third-order valence-corrected chi connectivity index (χ3v) is 17.5. The average Bonchev–Trinajstić information content (AvgIpc) is 3.90. The normalized spacial score (nSPS) is 27.0. The molecule has 0 aliphatic heterocycles. The molecule has 0 saturated heterocycles. The molecule has 2 radical (unpaired) electrons. The van der Waals surface area contributed by atoms with Gasteiger partial charge >= 0.3 is 30.2 Å². The van der Waals surface area contributed by atoms with Gasteiger partial charge in [0.25, 0.3) is 0 Å². The van der Waals surface area contributed by atoms with Crippen molar-refractivity contribution in [3.05, 3.63) is 146 Å². The maximum atomic E-state index is 3.49. The second-order valence-corrected chi connectivity index (χ2v) is 24.1. The molecule has 14 rings (SSSR count). The Bertz CT molecular complexity index is 2290. The summed E-state index contributed by atoms with van der Waals surface area (Å²) in [6, 6.07) is 42.3. The molecule has 8 bridgehead atoms. The standard InChI is InChI=1S/2C30H35.C3H7.CH3.2ClH.Si.Zr/c2*1-30(2,3)26-9-7-22(8-10-26)27-6-4-5-23-12-21(18-29(23)27)17-28-24-13-19-11-20(15-24)16-25(28)14-19;1-3-2;;;;;/h2*4-10,12,18-20,24-25,28H,11,13-17H2,1-3H3;1,3H2,2H3;1H3;2*1H;;/q4*-1;;;;. The molecule has 0 amide bonds. The number of fused-ring (bicyclic) bond motifs is 2. The van der Waals surface area contributed by atoms with Gasteiger partial charge in [0.05, 0.1) is 0 Å². The molecule has 0 N–H and O–H groups in total. The van der Waals surface area contributed by atoms with Crippen LogP contribution in [-0.2, 0) is 47.0 Å². The van der Waals surface area contributed by atoms with E-state index in [1.54, 1.807) is 24.0 Å². The molecule has 8 fully saturated rings. The molecule has 8 aliphatic rings. The van der Waals surface area contributed by atoms with E-state index in [9.17, 15) is 0 Å². The van der Waals surface area contributed by atoms with Gasteiger partial charge in [0.1, 0.15) is 0 Å². The van der Waals surface area contributed by atoms with Crippen molar-refractivity contribution in [1.29, 1.82) is 0 Å². The Morgan fingerprint density at radius 3 is 1.07 bits per heavy atom. The van der Waals surface area contributed by atoms with Crippen molar-refractivity contribution in [3.8, 4) is 22.3 Å². The van der Waals surface area contributed by atoms with Crippen molar-refractivity contribution in [2.45, 2.75) is 143 Å². The van der Waals surface area contributed by atoms with E-state index >= 15 is 0 Å². The molecule has 364 valence electrons. The number of hydrogen-bond acceptors (Lipinski definition) is 0. The van der Waals surface area contributed by atoms with Crippen molar-refractivity contribution >= 4 is 53.2 Å². The number of hydrogen-bond donors (Lipinski definition) is 0. The second-order valence-electron chi connectivity index (χ2n) is 24.1. The zero-order chi connectivity index (χ0) is 45.6. The van der Waals surface area contributed by atoms with Gasteiger partial charge in [-0.15, -0.1) is 93.9 Å². The Balaban J connectivity index is 0.000000197. The Labute approximate surface area is 443 Å². The van der Waals surface area contributed by atoms with Crippen LogP contribution in [-0.4, -0.2) is 6.88 Å². The van der Waals surface area contributed by atoms with Crippen molar-refractivity contribution in [2.75, 3.05) is 0 Å². The molecule has 0 spiro atoms. The van der Waals surface area contributed by atoms with Gasteiger partial charge in [-0.05, 0) is 169 Å². The molecular formula is C64H82Cl2SiZr-4. The Morgan fingerprint density at radius 2 is 0.794 bits per heavy atom. The Morgan fingerprint density at radius 1 is 0.500 bits per heavy atom. The number of rotatable bonds is 6. The van der Waals surface area contributed by atoms with Crippen LogP contribution in [0.15, 0.2) is 109 Å². The molecule has 8 saturated carbocycles. The van der Waals surface area contributed by atoms with Crippen LogP contribution in [0.4, 0.5) is 0 Å². The van der Waals surface area contributed by atoms with Crippen LogP contribution in [0.5, 0.6) is 0 Å². The zero-order valence-corrected chi connectivity index (χ0v) is 48.0. The van der Waals surface area contributed by atoms with Crippen LogP contribution in [0.25, 0.3) is 43.8 Å². The Hall–Kier alpha value is -2.22. The van der Waals surface area contributed by atoms with Gasteiger partial charge in [0.15, 0.2) is 0 Å². The van der Waals surface area contributed by atoms with E-state index in [4.69, 9.17) is 0 Å². The summed E-state index contributed by atoms with van der Waals surface area (Å²) in [5, 5.41) is 5.73. The molecule has 0 atom stereocenters. The summed E-state index contributed by atoms with van der Waals surface area (Å²) >= 11 is 1.36. The van der Waals surface area contributed by atoms with E-state index in [-0.39, 0.29) is 43.1 Å². The van der Waals surface area contributed by atoms with E-state index < -0.39 is 0 Å². The summed E-state index contributed by atoms with van der Waals surface area (Å²) in [6.45, 7) is 22.3. The quantitative estimate of drug-likeness (QED) is 0.115. The van der Waals surface area contributed by atoms with Gasteiger partial charge in [-0.2, -0.15) is 18.6 Å². The van der Waals surface area contributed by atoms with E-state index in [0.717, 1.165) is 65.6 Å². The van der Waals surface area contributed by atoms with E-state index in [1.807, 2.05) is 6.92 Å². The van der Waals surface area contributed by atoms with Gasteiger partial charge in [-0.25, -0.2) is 0 Å². The Kier molecular flexibility index (Phi) is 18.7. The summed E-state index contributed by atoms with van der Waals surface area (Å²) in [4.78, 5) is 0. The number of halogens is 2. The molecule has 0 aromatic heterocycles. The van der Waals surface area contributed by atoms with Crippen molar-refractivity contribution < 1.29 is 23.3 Å². The van der Waals surface area contributed by atoms with Crippen LogP contribution in [0, 0.1) is 73.5 Å². The van der Waals surface area contributed by atoms with Crippen LogP contribution in [0.1, 0.15) is 141 Å². The van der Waals surface area contributed by atoms with Crippen molar-refractivity contribution in [3.63, 3.8) is 0 Å². The van der Waals surface area contributed by atoms with Gasteiger partial charge in [-0.1, -0.05) is 120 Å². The summed E-state index contributed by atoms with van der Waals surface area (Å²) in [5.74, 6) is 10.3. The summed E-state index contributed by atoms with van der Waals surface area (Å²) < 4.78 is 0. The third-order valence-electron chi connectivity index (χ3n) is 17.5. The molecule has 6 aromatic carbocycles. The molecule has 0 heterocycles. The molecule has 4 heteroatoms. The van der Waals surface area contributed by atoms with Gasteiger partial charge in [0, 0.05) is 0 Å². The van der Waals surface area contributed by atoms with Crippen LogP contribution in [0.2, 0.25) is 0 Å². The zero-order valence-electron chi connectivity index (χ0n) is 42.9. The molecular weight excluding hydrogens is 959 g/mol. The summed E-state index contributed by atoms with van der Waals surface area (Å²) in [7, 11) is 0. The predicted molar refractivity (Wildman–Crippen MR) is 298 cm³/mol. The monoisotopic (exact) mass is 1040 g/mol. The second kappa shape index (κ2) is 23.1. The summed E-state index contributed by atoms with van der Waals surface area (Å²) in [6.07, 6.45) is 19.0. The minimum atomic E-state index is 0. The summed E-state index contributed by atoms with van der Waals surface area (Å²) in [5.41, 5.74) is 11.9. The molecule has 0 nitrogen and oxygen atoms in total. The fourth-order valence-electron chi connectivity index (χ4n) is 14.9. The van der Waals surface area contributed by atoms with Gasteiger partial charge < -0.3 is 14.4 Å². The topological polar surface area (TPSA) is 0 Å². The van der Waals surface area contributed by atoms with E-state index in [2.05, 4.69) is 165 Å².